The molecule has 0 aliphatic carbocycles. The van der Waals surface area contributed by atoms with Crippen molar-refractivity contribution in [1.29, 1.82) is 0 Å². The van der Waals surface area contributed by atoms with Crippen molar-refractivity contribution in [2.45, 2.75) is 19.3 Å². The van der Waals surface area contributed by atoms with Gasteiger partial charge in [-0.1, -0.05) is 17.4 Å². The summed E-state index contributed by atoms with van der Waals surface area (Å²) < 4.78 is 5.39. The average Bonchev–Trinajstić information content (AvgIpc) is 3.31. The molecule has 0 unspecified atom stereocenters. The van der Waals surface area contributed by atoms with Crippen LogP contribution < -0.4 is 4.90 Å². The van der Waals surface area contributed by atoms with Crippen molar-refractivity contribution in [3.63, 3.8) is 0 Å². The zero-order valence-electron chi connectivity index (χ0n) is 13.7. The molecule has 0 radical (unpaired) electrons. The van der Waals surface area contributed by atoms with Crippen molar-refractivity contribution in [3.8, 4) is 10.6 Å². The molecule has 24 heavy (non-hydrogen) atoms. The molecule has 0 atom stereocenters. The number of thiazole rings is 1. The van der Waals surface area contributed by atoms with Gasteiger partial charge in [0.25, 0.3) is 0 Å². The summed E-state index contributed by atoms with van der Waals surface area (Å²) in [5.74, 6) is 0. The first-order valence-electron chi connectivity index (χ1n) is 8.56. The van der Waals surface area contributed by atoms with Crippen LogP contribution in [0.1, 0.15) is 24.1 Å². The van der Waals surface area contributed by atoms with Gasteiger partial charge in [0.15, 0.2) is 5.13 Å². The molecule has 4 heterocycles. The van der Waals surface area contributed by atoms with Gasteiger partial charge in [0.2, 0.25) is 0 Å². The first-order chi connectivity index (χ1) is 11.9. The van der Waals surface area contributed by atoms with Crippen LogP contribution >= 0.6 is 22.7 Å². The molecule has 0 bridgehead atoms. The highest BCUT2D eigenvalue weighted by atomic mass is 32.1. The summed E-state index contributed by atoms with van der Waals surface area (Å²) in [6.45, 7) is 5.49. The van der Waals surface area contributed by atoms with Crippen LogP contribution in [0.4, 0.5) is 5.13 Å². The van der Waals surface area contributed by atoms with Gasteiger partial charge in [0, 0.05) is 13.1 Å². The van der Waals surface area contributed by atoms with Gasteiger partial charge in [-0.05, 0) is 30.7 Å². The van der Waals surface area contributed by atoms with E-state index in [1.54, 1.807) is 22.7 Å². The lowest BCUT2D eigenvalue weighted by Gasteiger charge is -2.25. The number of hydrogen-bond donors (Lipinski definition) is 0. The number of morpholine rings is 1. The molecule has 0 amide bonds. The molecule has 7 heteroatoms. The summed E-state index contributed by atoms with van der Waals surface area (Å²) in [4.78, 5) is 9.77. The second-order valence-corrected chi connectivity index (χ2v) is 8.00. The predicted molar refractivity (Wildman–Crippen MR) is 101 cm³/mol. The fourth-order valence-corrected chi connectivity index (χ4v) is 4.81. The number of ether oxygens (including phenoxy) is 1. The SMILES string of the molecule is C(=N/N1CCOCC1)/c1sc(N2CCCCC2)nc1-c1cccs1. The monoisotopic (exact) mass is 362 g/mol. The highest BCUT2D eigenvalue weighted by Gasteiger charge is 2.19. The Bertz CT molecular complexity index is 671. The maximum atomic E-state index is 5.39. The second-order valence-electron chi connectivity index (χ2n) is 6.04. The van der Waals surface area contributed by atoms with E-state index < -0.39 is 0 Å². The Balaban J connectivity index is 1.60. The number of hydrogen-bond acceptors (Lipinski definition) is 7. The Hall–Kier alpha value is -1.44. The highest BCUT2D eigenvalue weighted by molar-refractivity contribution is 7.18. The minimum absolute atomic E-state index is 0.761. The Morgan fingerprint density at radius 1 is 1.12 bits per heavy atom. The van der Waals surface area contributed by atoms with Crippen LogP contribution in [0.15, 0.2) is 22.6 Å². The van der Waals surface area contributed by atoms with E-state index in [9.17, 15) is 0 Å². The van der Waals surface area contributed by atoms with Gasteiger partial charge in [-0.15, -0.1) is 11.3 Å². The molecule has 0 N–H and O–H groups in total. The normalized spacial score (nSPS) is 19.3. The first kappa shape index (κ1) is 16.1. The molecule has 0 spiro atoms. The number of rotatable bonds is 4. The minimum Gasteiger partial charge on any atom is -0.378 e. The third kappa shape index (κ3) is 3.63. The summed E-state index contributed by atoms with van der Waals surface area (Å²) in [7, 11) is 0. The van der Waals surface area contributed by atoms with E-state index >= 15 is 0 Å². The summed E-state index contributed by atoms with van der Waals surface area (Å²) >= 11 is 3.51. The molecule has 128 valence electrons. The summed E-state index contributed by atoms with van der Waals surface area (Å²) in [6, 6.07) is 4.23. The number of nitrogens with zero attached hydrogens (tertiary/aromatic N) is 4. The molecule has 2 aromatic heterocycles. The zero-order valence-corrected chi connectivity index (χ0v) is 15.3. The maximum Gasteiger partial charge on any atom is 0.186 e. The van der Waals surface area contributed by atoms with Gasteiger partial charge in [-0.2, -0.15) is 5.10 Å². The number of anilines is 1. The molecule has 0 saturated carbocycles. The second kappa shape index (κ2) is 7.63. The van der Waals surface area contributed by atoms with Crippen LogP contribution in [0, 0.1) is 0 Å². The smallest absolute Gasteiger partial charge is 0.186 e. The summed E-state index contributed by atoms with van der Waals surface area (Å²) in [6.07, 6.45) is 5.87. The Labute approximate surface area is 150 Å². The summed E-state index contributed by atoms with van der Waals surface area (Å²) in [5.41, 5.74) is 1.08. The highest BCUT2D eigenvalue weighted by Crippen LogP contribution is 2.35. The minimum atomic E-state index is 0.761. The molecule has 5 nitrogen and oxygen atoms in total. The van der Waals surface area contributed by atoms with Gasteiger partial charge in [0.05, 0.1) is 42.3 Å². The largest absolute Gasteiger partial charge is 0.378 e. The lowest BCUT2D eigenvalue weighted by molar-refractivity contribution is 0.0397. The van der Waals surface area contributed by atoms with Crippen molar-refractivity contribution < 1.29 is 4.74 Å². The van der Waals surface area contributed by atoms with E-state index in [2.05, 4.69) is 32.5 Å². The van der Waals surface area contributed by atoms with Crippen molar-refractivity contribution in [1.82, 2.24) is 9.99 Å². The van der Waals surface area contributed by atoms with Crippen LogP contribution in [0.3, 0.4) is 0 Å². The van der Waals surface area contributed by atoms with Crippen molar-refractivity contribution >= 4 is 34.0 Å². The topological polar surface area (TPSA) is 41.0 Å². The fraction of sp³-hybridized carbons (Fsp3) is 0.529. The Morgan fingerprint density at radius 2 is 1.96 bits per heavy atom. The van der Waals surface area contributed by atoms with E-state index in [0.29, 0.717) is 0 Å². The van der Waals surface area contributed by atoms with Crippen LogP contribution in [0.25, 0.3) is 10.6 Å². The van der Waals surface area contributed by atoms with Crippen LogP contribution in [0.2, 0.25) is 0 Å². The predicted octanol–water partition coefficient (Wildman–Crippen LogP) is 3.53. The van der Waals surface area contributed by atoms with E-state index in [1.807, 2.05) is 6.21 Å². The van der Waals surface area contributed by atoms with Gasteiger partial charge in [-0.3, -0.25) is 5.01 Å². The molecule has 2 aliphatic heterocycles. The molecular weight excluding hydrogens is 340 g/mol. The molecule has 2 aromatic rings. The number of piperidine rings is 1. The third-order valence-electron chi connectivity index (χ3n) is 4.35. The van der Waals surface area contributed by atoms with E-state index in [-0.39, 0.29) is 0 Å². The molecule has 4 rings (SSSR count). The van der Waals surface area contributed by atoms with Crippen molar-refractivity contribution in [2.75, 3.05) is 44.3 Å². The number of aromatic nitrogens is 1. The zero-order chi connectivity index (χ0) is 16.2. The molecule has 2 aliphatic rings. The Morgan fingerprint density at radius 3 is 2.71 bits per heavy atom. The maximum absolute atomic E-state index is 5.39. The van der Waals surface area contributed by atoms with Crippen molar-refractivity contribution in [2.24, 2.45) is 5.10 Å². The van der Waals surface area contributed by atoms with Gasteiger partial charge >= 0.3 is 0 Å². The van der Waals surface area contributed by atoms with Crippen LogP contribution in [-0.2, 0) is 4.74 Å². The van der Waals surface area contributed by atoms with Crippen molar-refractivity contribution in [3.05, 3.63) is 22.4 Å². The lowest BCUT2D eigenvalue weighted by atomic mass is 10.1. The quantitative estimate of drug-likeness (QED) is 0.780. The van der Waals surface area contributed by atoms with E-state index in [4.69, 9.17) is 9.72 Å². The molecule has 2 fully saturated rings. The average molecular weight is 363 g/mol. The number of thiophene rings is 1. The number of hydrazone groups is 1. The first-order valence-corrected chi connectivity index (χ1v) is 10.3. The van der Waals surface area contributed by atoms with Gasteiger partial charge in [-0.25, -0.2) is 4.98 Å². The molecular formula is C17H22N4OS2. The Kier molecular flexibility index (Phi) is 5.10. The van der Waals surface area contributed by atoms with E-state index in [1.165, 1.54) is 24.1 Å². The summed E-state index contributed by atoms with van der Waals surface area (Å²) in [5, 5.41) is 10.0. The fourth-order valence-electron chi connectivity index (χ4n) is 3.02. The van der Waals surface area contributed by atoms with Crippen LogP contribution in [-0.4, -0.2) is 55.6 Å². The van der Waals surface area contributed by atoms with E-state index in [0.717, 1.165) is 55.1 Å². The molecule has 2 saturated heterocycles. The van der Waals surface area contributed by atoms with Gasteiger partial charge in [0.1, 0.15) is 5.69 Å². The third-order valence-corrected chi connectivity index (χ3v) is 6.28. The van der Waals surface area contributed by atoms with Gasteiger partial charge < -0.3 is 9.64 Å². The lowest BCUT2D eigenvalue weighted by Crippen LogP contribution is -2.32. The standard InChI is InChI=1S/C17H22N4OS2/c1-2-6-20(7-3-1)17-19-16(14-5-4-12-23-14)15(24-17)13-18-21-8-10-22-11-9-21/h4-5,12-13H,1-3,6-11H2/b18-13-. The molecule has 0 aromatic carbocycles. The van der Waals surface area contributed by atoms with Crippen LogP contribution in [0.5, 0.6) is 0 Å².